The van der Waals surface area contributed by atoms with Crippen LogP contribution in [0.4, 0.5) is 0 Å². The van der Waals surface area contributed by atoms with Crippen molar-refractivity contribution in [3.05, 3.63) is 65.7 Å². The Balaban J connectivity index is 2.07. The summed E-state index contributed by atoms with van der Waals surface area (Å²) in [5.74, 6) is 0.569. The molecule has 0 fully saturated rings. The normalized spacial score (nSPS) is 12.1. The third-order valence-corrected chi connectivity index (χ3v) is 4.18. The second-order valence-electron chi connectivity index (χ2n) is 8.03. The van der Waals surface area contributed by atoms with Crippen LogP contribution in [0.25, 0.3) is 0 Å². The van der Waals surface area contributed by atoms with Gasteiger partial charge in [-0.25, -0.2) is 0 Å². The number of carbonyl (C=O) groups is 1. The molecular weight excluding hydrogens is 352 g/mol. The van der Waals surface area contributed by atoms with Crippen LogP contribution in [-0.4, -0.2) is 35.6 Å². The minimum Gasteiger partial charge on any atom is -0.479 e. The van der Waals surface area contributed by atoms with Gasteiger partial charge in [0.2, 0.25) is 5.91 Å². The van der Waals surface area contributed by atoms with Gasteiger partial charge in [0.05, 0.1) is 19.1 Å². The van der Waals surface area contributed by atoms with Gasteiger partial charge < -0.3 is 14.7 Å². The Morgan fingerprint density at radius 3 is 2.36 bits per heavy atom. The van der Waals surface area contributed by atoms with E-state index in [2.05, 4.69) is 20.8 Å². The van der Waals surface area contributed by atoms with E-state index < -0.39 is 6.10 Å². The van der Waals surface area contributed by atoms with Gasteiger partial charge in [0.15, 0.2) is 6.61 Å². The number of aliphatic hydroxyl groups excluding tert-OH is 1. The summed E-state index contributed by atoms with van der Waals surface area (Å²) in [6.07, 6.45) is -0.481. The first kappa shape index (κ1) is 21.5. The van der Waals surface area contributed by atoms with Gasteiger partial charge in [0, 0.05) is 6.54 Å². The van der Waals surface area contributed by atoms with Crippen LogP contribution in [0.2, 0.25) is 0 Å². The lowest BCUT2D eigenvalue weighted by atomic mass is 9.95. The number of nitriles is 1. The van der Waals surface area contributed by atoms with Gasteiger partial charge in [-0.1, -0.05) is 63.2 Å². The van der Waals surface area contributed by atoms with E-state index in [9.17, 15) is 9.90 Å². The number of carbonyl (C=O) groups excluding carboxylic acids is 1. The van der Waals surface area contributed by atoms with Crippen molar-refractivity contribution in [1.82, 2.24) is 4.90 Å². The van der Waals surface area contributed by atoms with Crippen molar-refractivity contribution in [2.45, 2.75) is 33.3 Å². The maximum Gasteiger partial charge on any atom is 0.227 e. The summed E-state index contributed by atoms with van der Waals surface area (Å²) in [6.45, 7) is 7.02. The van der Waals surface area contributed by atoms with E-state index in [1.807, 2.05) is 48.5 Å². The zero-order chi connectivity index (χ0) is 20.6. The quantitative estimate of drug-likeness (QED) is 0.757. The van der Waals surface area contributed by atoms with Crippen molar-refractivity contribution in [3.63, 3.8) is 0 Å². The molecule has 148 valence electrons. The number of hydrogen-bond donors (Lipinski definition) is 1. The Hall–Kier alpha value is -2.84. The van der Waals surface area contributed by atoms with Crippen LogP contribution in [0.1, 0.15) is 38.0 Å². The van der Waals surface area contributed by atoms with E-state index in [-0.39, 0.29) is 30.9 Å². The van der Waals surface area contributed by atoms with Crippen LogP contribution < -0.4 is 4.74 Å². The zero-order valence-corrected chi connectivity index (χ0v) is 16.8. The van der Waals surface area contributed by atoms with Gasteiger partial charge in [0.1, 0.15) is 11.8 Å². The lowest BCUT2D eigenvalue weighted by Crippen LogP contribution is -2.41. The third-order valence-electron chi connectivity index (χ3n) is 4.18. The maximum atomic E-state index is 13.0. The van der Waals surface area contributed by atoms with Crippen LogP contribution in [0.3, 0.4) is 0 Å². The minimum atomic E-state index is -0.728. The molecule has 0 aliphatic carbocycles. The molecule has 0 heterocycles. The van der Waals surface area contributed by atoms with Crippen LogP contribution in [-0.2, 0) is 11.2 Å². The average Bonchev–Trinajstić information content (AvgIpc) is 2.66. The van der Waals surface area contributed by atoms with Gasteiger partial charge in [-0.15, -0.1) is 0 Å². The molecule has 2 aromatic rings. The minimum absolute atomic E-state index is 0.00495. The predicted molar refractivity (Wildman–Crippen MR) is 109 cm³/mol. The van der Waals surface area contributed by atoms with Gasteiger partial charge in [-0.3, -0.25) is 4.79 Å². The highest BCUT2D eigenvalue weighted by Gasteiger charge is 2.24. The Kier molecular flexibility index (Phi) is 7.60. The smallest absolute Gasteiger partial charge is 0.227 e. The van der Waals surface area contributed by atoms with Gasteiger partial charge in [-0.2, -0.15) is 5.26 Å². The number of amides is 1. The van der Waals surface area contributed by atoms with Gasteiger partial charge >= 0.3 is 0 Å². The van der Waals surface area contributed by atoms with E-state index in [4.69, 9.17) is 10.00 Å². The summed E-state index contributed by atoms with van der Waals surface area (Å²) in [6, 6.07) is 18.5. The van der Waals surface area contributed by atoms with E-state index in [1.54, 1.807) is 17.0 Å². The summed E-state index contributed by atoms with van der Waals surface area (Å²) in [7, 11) is 0. The fourth-order valence-corrected chi connectivity index (χ4v) is 2.92. The number of nitrogens with zero attached hydrogens (tertiary/aromatic N) is 2. The van der Waals surface area contributed by atoms with Crippen molar-refractivity contribution in [2.24, 2.45) is 5.41 Å². The monoisotopic (exact) mass is 380 g/mol. The number of hydrogen-bond acceptors (Lipinski definition) is 4. The highest BCUT2D eigenvalue weighted by Crippen LogP contribution is 2.21. The summed E-state index contributed by atoms with van der Waals surface area (Å²) in [4.78, 5) is 14.7. The molecular formula is C23H28N2O3. The highest BCUT2D eigenvalue weighted by atomic mass is 16.5. The molecule has 0 aliphatic rings. The highest BCUT2D eigenvalue weighted by molar-refractivity contribution is 5.79. The summed E-state index contributed by atoms with van der Waals surface area (Å²) >= 11 is 0. The first-order chi connectivity index (χ1) is 13.3. The predicted octanol–water partition coefficient (Wildman–Crippen LogP) is 3.74. The molecule has 1 atom stereocenters. The Bertz CT molecular complexity index is 789. The molecule has 2 rings (SSSR count). The first-order valence-corrected chi connectivity index (χ1v) is 9.38. The van der Waals surface area contributed by atoms with Crippen LogP contribution >= 0.6 is 0 Å². The van der Waals surface area contributed by atoms with Gasteiger partial charge in [-0.05, 0) is 28.7 Å². The third kappa shape index (κ3) is 7.05. The molecule has 28 heavy (non-hydrogen) atoms. The van der Waals surface area contributed by atoms with Crippen molar-refractivity contribution in [3.8, 4) is 11.8 Å². The first-order valence-electron chi connectivity index (χ1n) is 9.38. The molecule has 2 aromatic carbocycles. The number of benzene rings is 2. The van der Waals surface area contributed by atoms with Crippen LogP contribution in [0, 0.1) is 16.7 Å². The Labute approximate surface area is 167 Å². The van der Waals surface area contributed by atoms with E-state index >= 15 is 0 Å². The van der Waals surface area contributed by atoms with E-state index in [0.717, 1.165) is 11.1 Å². The van der Waals surface area contributed by atoms with E-state index in [0.29, 0.717) is 12.3 Å². The molecule has 0 bridgehead atoms. The number of ether oxygens (including phenoxy) is 1. The molecule has 5 nitrogen and oxygen atoms in total. The van der Waals surface area contributed by atoms with Crippen LogP contribution in [0.5, 0.6) is 5.75 Å². The summed E-state index contributed by atoms with van der Waals surface area (Å²) in [5, 5.41) is 19.1. The average molecular weight is 380 g/mol. The lowest BCUT2D eigenvalue weighted by molar-refractivity contribution is -0.133. The van der Waals surface area contributed by atoms with Crippen LogP contribution in [0.15, 0.2) is 54.6 Å². The topological polar surface area (TPSA) is 73.6 Å². The fraction of sp³-hybridized carbons (Fsp3) is 0.391. The molecule has 0 saturated heterocycles. The summed E-state index contributed by atoms with van der Waals surface area (Å²) < 4.78 is 5.24. The molecule has 0 spiro atoms. The standard InChI is InChI=1S/C23H28N2O3/c1-23(2,3)17-25(16-21(26)19-7-5-4-6-8-19)22(27)15-18-9-11-20(12-10-18)28-14-13-24/h4-12,21,26H,14-17H2,1-3H3/t21-/m0/s1. The molecule has 0 aliphatic heterocycles. The second kappa shape index (κ2) is 9.91. The van der Waals surface area contributed by atoms with Crippen molar-refractivity contribution < 1.29 is 14.6 Å². The number of aliphatic hydroxyl groups is 1. The molecule has 0 unspecified atom stereocenters. The molecule has 1 amide bonds. The fourth-order valence-electron chi connectivity index (χ4n) is 2.92. The molecule has 0 aromatic heterocycles. The van der Waals surface area contributed by atoms with Crippen molar-refractivity contribution >= 4 is 5.91 Å². The van der Waals surface area contributed by atoms with Crippen molar-refractivity contribution in [2.75, 3.05) is 19.7 Å². The second-order valence-corrected chi connectivity index (χ2v) is 8.03. The zero-order valence-electron chi connectivity index (χ0n) is 16.8. The maximum absolute atomic E-state index is 13.0. The molecule has 5 heteroatoms. The summed E-state index contributed by atoms with van der Waals surface area (Å²) in [5.41, 5.74) is 1.58. The lowest BCUT2D eigenvalue weighted by Gasteiger charge is -2.32. The Morgan fingerprint density at radius 1 is 1.14 bits per heavy atom. The molecule has 0 saturated carbocycles. The Morgan fingerprint density at radius 2 is 1.79 bits per heavy atom. The largest absolute Gasteiger partial charge is 0.479 e. The van der Waals surface area contributed by atoms with Gasteiger partial charge in [0.25, 0.3) is 0 Å². The number of rotatable bonds is 8. The van der Waals surface area contributed by atoms with Crippen molar-refractivity contribution in [1.29, 1.82) is 5.26 Å². The SMILES string of the molecule is CC(C)(C)CN(C[C@H](O)c1ccccc1)C(=O)Cc1ccc(OCC#N)cc1. The molecule has 0 radical (unpaired) electrons. The van der Waals surface area contributed by atoms with E-state index in [1.165, 1.54) is 0 Å². The molecule has 1 N–H and O–H groups in total.